The minimum Gasteiger partial charge on any atom is -0.262 e. The number of rotatable bonds is 5. The van der Waals surface area contributed by atoms with Crippen LogP contribution in [0.1, 0.15) is 11.1 Å². The molecule has 0 bridgehead atoms. The topological polar surface area (TPSA) is 37.4 Å². The number of hydrogen-bond donors (Lipinski definition) is 0. The van der Waals surface area contributed by atoms with E-state index in [1.54, 1.807) is 60.7 Å². The lowest BCUT2D eigenvalue weighted by Gasteiger charge is -2.25. The van der Waals surface area contributed by atoms with Gasteiger partial charge in [0.15, 0.2) is 0 Å². The summed E-state index contributed by atoms with van der Waals surface area (Å²) in [5, 5.41) is 0. The van der Waals surface area contributed by atoms with Gasteiger partial charge in [0.2, 0.25) is 0 Å². The second-order valence-electron chi connectivity index (χ2n) is 5.86. The van der Waals surface area contributed by atoms with Crippen LogP contribution >= 0.6 is 0 Å². The largest absolute Gasteiger partial charge is 0.416 e. The third kappa shape index (κ3) is 4.31. The second kappa shape index (κ2) is 7.44. The molecule has 0 aliphatic rings. The molecule has 7 heteroatoms. The number of para-hydroxylation sites is 1. The van der Waals surface area contributed by atoms with E-state index in [2.05, 4.69) is 0 Å². The summed E-state index contributed by atoms with van der Waals surface area (Å²) in [5.74, 6) is 0. The summed E-state index contributed by atoms with van der Waals surface area (Å²) in [4.78, 5) is -0.405. The standard InChI is InChI=1S/C20H16F3NO2S/c21-20(22,23)17-10-7-13-19(14-17)27(25,26)24(18-11-5-2-6-12-18)15-16-8-3-1-4-9-16/h1-14H,15H2. The zero-order chi connectivity index (χ0) is 19.5. The molecule has 3 rings (SSSR count). The van der Waals surface area contributed by atoms with Crippen molar-refractivity contribution in [1.29, 1.82) is 0 Å². The van der Waals surface area contributed by atoms with Gasteiger partial charge in [0.25, 0.3) is 10.0 Å². The highest BCUT2D eigenvalue weighted by atomic mass is 32.2. The number of alkyl halides is 3. The van der Waals surface area contributed by atoms with Crippen molar-refractivity contribution in [1.82, 2.24) is 0 Å². The summed E-state index contributed by atoms with van der Waals surface area (Å²) in [6.07, 6.45) is -4.62. The summed E-state index contributed by atoms with van der Waals surface area (Å²) >= 11 is 0. The van der Waals surface area contributed by atoms with Gasteiger partial charge < -0.3 is 0 Å². The van der Waals surface area contributed by atoms with Crippen molar-refractivity contribution in [3.8, 4) is 0 Å². The normalized spacial score (nSPS) is 12.0. The number of sulfonamides is 1. The molecule has 0 unspecified atom stereocenters. The molecule has 140 valence electrons. The molecule has 3 aromatic carbocycles. The van der Waals surface area contributed by atoms with Gasteiger partial charge in [-0.3, -0.25) is 4.31 Å². The SMILES string of the molecule is O=S(=O)(c1cccc(C(F)(F)F)c1)N(Cc1ccccc1)c1ccccc1. The quantitative estimate of drug-likeness (QED) is 0.607. The van der Waals surface area contributed by atoms with E-state index >= 15 is 0 Å². The number of benzene rings is 3. The van der Waals surface area contributed by atoms with Gasteiger partial charge in [-0.05, 0) is 35.9 Å². The Morgan fingerprint density at radius 3 is 1.96 bits per heavy atom. The van der Waals surface area contributed by atoms with E-state index in [9.17, 15) is 21.6 Å². The molecule has 3 nitrogen and oxygen atoms in total. The van der Waals surface area contributed by atoms with Crippen molar-refractivity contribution >= 4 is 15.7 Å². The van der Waals surface area contributed by atoms with Crippen molar-refractivity contribution in [2.75, 3.05) is 4.31 Å². The maximum absolute atomic E-state index is 13.2. The summed E-state index contributed by atoms with van der Waals surface area (Å²) in [7, 11) is -4.20. The molecule has 0 aliphatic carbocycles. The van der Waals surface area contributed by atoms with Crippen LogP contribution in [0, 0.1) is 0 Å². The molecule has 0 amide bonds. The first kappa shape index (κ1) is 19.0. The van der Waals surface area contributed by atoms with Crippen LogP contribution in [0.25, 0.3) is 0 Å². The summed E-state index contributed by atoms with van der Waals surface area (Å²) in [6, 6.07) is 21.0. The molecule has 3 aromatic rings. The monoisotopic (exact) mass is 391 g/mol. The third-order valence-electron chi connectivity index (χ3n) is 3.96. The van der Waals surface area contributed by atoms with E-state index in [-0.39, 0.29) is 6.54 Å². The average molecular weight is 391 g/mol. The fourth-order valence-electron chi connectivity index (χ4n) is 2.62. The number of halogens is 3. The Labute approximate surface area is 155 Å². The van der Waals surface area contributed by atoms with Gasteiger partial charge >= 0.3 is 6.18 Å². The van der Waals surface area contributed by atoms with Gasteiger partial charge in [-0.2, -0.15) is 13.2 Å². The molecule has 0 atom stereocenters. The molecule has 0 aromatic heterocycles. The Morgan fingerprint density at radius 1 is 0.778 bits per heavy atom. The molecule has 0 saturated heterocycles. The van der Waals surface area contributed by atoms with Gasteiger partial charge in [0.1, 0.15) is 0 Å². The van der Waals surface area contributed by atoms with Gasteiger partial charge in [-0.25, -0.2) is 8.42 Å². The number of nitrogens with zero attached hydrogens (tertiary/aromatic N) is 1. The molecule has 0 N–H and O–H groups in total. The van der Waals surface area contributed by atoms with E-state index < -0.39 is 26.7 Å². The Hall–Kier alpha value is -2.80. The van der Waals surface area contributed by atoms with Crippen LogP contribution in [-0.4, -0.2) is 8.42 Å². The Bertz CT molecular complexity index is 1000. The van der Waals surface area contributed by atoms with Gasteiger partial charge in [0.05, 0.1) is 22.7 Å². The number of hydrogen-bond acceptors (Lipinski definition) is 2. The highest BCUT2D eigenvalue weighted by molar-refractivity contribution is 7.92. The van der Waals surface area contributed by atoms with Crippen LogP contribution in [0.3, 0.4) is 0 Å². The van der Waals surface area contributed by atoms with E-state index in [0.29, 0.717) is 11.8 Å². The molecule has 27 heavy (non-hydrogen) atoms. The summed E-state index contributed by atoms with van der Waals surface area (Å²) in [5.41, 5.74) is 0.0898. The molecule has 0 radical (unpaired) electrons. The first-order chi connectivity index (χ1) is 12.8. The minimum atomic E-state index is -4.62. The predicted octanol–water partition coefficient (Wildman–Crippen LogP) is 5.10. The first-order valence-corrected chi connectivity index (χ1v) is 9.51. The summed E-state index contributed by atoms with van der Waals surface area (Å²) in [6.45, 7) is 0.00340. The average Bonchev–Trinajstić information content (AvgIpc) is 2.67. The van der Waals surface area contributed by atoms with Crippen LogP contribution < -0.4 is 4.31 Å². The van der Waals surface area contributed by atoms with Crippen LogP contribution in [0.4, 0.5) is 18.9 Å². The zero-order valence-electron chi connectivity index (χ0n) is 14.1. The van der Waals surface area contributed by atoms with E-state index in [4.69, 9.17) is 0 Å². The lowest BCUT2D eigenvalue weighted by Crippen LogP contribution is -2.30. The number of anilines is 1. The van der Waals surface area contributed by atoms with Crippen LogP contribution in [0.2, 0.25) is 0 Å². The Kier molecular flexibility index (Phi) is 5.23. The lowest BCUT2D eigenvalue weighted by atomic mass is 10.2. The maximum atomic E-state index is 13.2. The fraction of sp³-hybridized carbons (Fsp3) is 0.100. The third-order valence-corrected chi connectivity index (χ3v) is 5.73. The highest BCUT2D eigenvalue weighted by Gasteiger charge is 2.33. The van der Waals surface area contributed by atoms with Crippen molar-refractivity contribution in [2.24, 2.45) is 0 Å². The van der Waals surface area contributed by atoms with Gasteiger partial charge in [-0.15, -0.1) is 0 Å². The molecule has 0 heterocycles. The summed E-state index contributed by atoms with van der Waals surface area (Å²) < 4.78 is 66.5. The molecule has 0 saturated carbocycles. The lowest BCUT2D eigenvalue weighted by molar-refractivity contribution is -0.137. The smallest absolute Gasteiger partial charge is 0.262 e. The Morgan fingerprint density at radius 2 is 1.37 bits per heavy atom. The van der Waals surface area contributed by atoms with Gasteiger partial charge in [0, 0.05) is 0 Å². The van der Waals surface area contributed by atoms with Crippen molar-refractivity contribution < 1.29 is 21.6 Å². The van der Waals surface area contributed by atoms with Crippen LogP contribution in [0.5, 0.6) is 0 Å². The predicted molar refractivity (Wildman–Crippen MR) is 97.7 cm³/mol. The molecule has 0 fully saturated rings. The Balaban J connectivity index is 2.08. The molecule has 0 aliphatic heterocycles. The van der Waals surface area contributed by atoms with Crippen molar-refractivity contribution in [3.05, 3.63) is 96.1 Å². The van der Waals surface area contributed by atoms with Crippen LogP contribution in [0.15, 0.2) is 89.8 Å². The first-order valence-electron chi connectivity index (χ1n) is 8.07. The molecule has 0 spiro atoms. The molecular weight excluding hydrogens is 375 g/mol. The van der Waals surface area contributed by atoms with Crippen LogP contribution in [-0.2, 0) is 22.7 Å². The highest BCUT2D eigenvalue weighted by Crippen LogP contribution is 2.32. The zero-order valence-corrected chi connectivity index (χ0v) is 14.9. The maximum Gasteiger partial charge on any atom is 0.416 e. The second-order valence-corrected chi connectivity index (χ2v) is 7.72. The van der Waals surface area contributed by atoms with Crippen molar-refractivity contribution in [2.45, 2.75) is 17.6 Å². The molecular formula is C20H16F3NO2S. The van der Waals surface area contributed by atoms with E-state index in [1.807, 2.05) is 0 Å². The fourth-order valence-corrected chi connectivity index (χ4v) is 4.12. The minimum absolute atomic E-state index is 0.00340. The van der Waals surface area contributed by atoms with E-state index in [1.165, 1.54) is 6.07 Å². The van der Waals surface area contributed by atoms with Crippen molar-refractivity contribution in [3.63, 3.8) is 0 Å². The van der Waals surface area contributed by atoms with E-state index in [0.717, 1.165) is 22.0 Å². The van der Waals surface area contributed by atoms with Gasteiger partial charge in [-0.1, -0.05) is 54.6 Å².